The van der Waals surface area contributed by atoms with Crippen LogP contribution in [0.1, 0.15) is 24.5 Å². The monoisotopic (exact) mass is 282 g/mol. The van der Waals surface area contributed by atoms with Crippen LogP contribution in [-0.4, -0.2) is 4.92 Å². The predicted octanol–water partition coefficient (Wildman–Crippen LogP) is 3.95. The van der Waals surface area contributed by atoms with Crippen LogP contribution in [0.4, 0.5) is 20.2 Å². The number of aryl methyl sites for hydroxylation is 1. The van der Waals surface area contributed by atoms with E-state index in [9.17, 15) is 18.9 Å². The molecule has 0 spiro atoms. The van der Waals surface area contributed by atoms with Crippen molar-refractivity contribution >= 4 is 11.4 Å². The van der Waals surface area contributed by atoms with Gasteiger partial charge in [0, 0.05) is 6.07 Å². The Kier molecular flexibility index (Phi) is 3.69. The summed E-state index contributed by atoms with van der Waals surface area (Å²) in [6, 6.07) is 4.47. The standard InChI is InChI=1S/C13H12F2N2O3/c1-7-3-6-11(20-7)8(2)16-13-10(17(18)19)5-4-9(14)12(13)15/h3-6,8,16H,1-2H3. The van der Waals surface area contributed by atoms with Crippen LogP contribution >= 0.6 is 0 Å². The van der Waals surface area contributed by atoms with Crippen molar-refractivity contribution in [3.63, 3.8) is 0 Å². The summed E-state index contributed by atoms with van der Waals surface area (Å²) in [5.41, 5.74) is -1.02. The second-order valence-electron chi connectivity index (χ2n) is 4.33. The maximum Gasteiger partial charge on any atom is 0.295 e. The first-order chi connectivity index (χ1) is 9.40. The van der Waals surface area contributed by atoms with E-state index in [1.807, 2.05) is 0 Å². The van der Waals surface area contributed by atoms with Gasteiger partial charge in [-0.2, -0.15) is 0 Å². The number of hydrogen-bond acceptors (Lipinski definition) is 4. The molecule has 1 aromatic carbocycles. The Morgan fingerprint density at radius 3 is 2.55 bits per heavy atom. The molecular formula is C13H12F2N2O3. The van der Waals surface area contributed by atoms with Crippen molar-refractivity contribution in [2.75, 3.05) is 5.32 Å². The van der Waals surface area contributed by atoms with Crippen LogP contribution in [0.5, 0.6) is 0 Å². The SMILES string of the molecule is Cc1ccc(C(C)Nc2c([N+](=O)[O-])ccc(F)c2F)o1. The Morgan fingerprint density at radius 2 is 2.00 bits per heavy atom. The topological polar surface area (TPSA) is 68.3 Å². The summed E-state index contributed by atoms with van der Waals surface area (Å²) >= 11 is 0. The number of benzene rings is 1. The van der Waals surface area contributed by atoms with E-state index in [-0.39, 0.29) is 0 Å². The van der Waals surface area contributed by atoms with Crippen molar-refractivity contribution in [1.82, 2.24) is 0 Å². The lowest BCUT2D eigenvalue weighted by Crippen LogP contribution is -2.10. The van der Waals surface area contributed by atoms with Crippen LogP contribution < -0.4 is 5.32 Å². The Hall–Kier alpha value is -2.44. The summed E-state index contributed by atoms with van der Waals surface area (Å²) in [6.07, 6.45) is 0. The third-order valence-corrected chi connectivity index (χ3v) is 2.82. The lowest BCUT2D eigenvalue weighted by atomic mass is 10.2. The van der Waals surface area contributed by atoms with Crippen molar-refractivity contribution < 1.29 is 18.1 Å². The first-order valence-corrected chi connectivity index (χ1v) is 5.85. The predicted molar refractivity (Wildman–Crippen MR) is 68.5 cm³/mol. The lowest BCUT2D eigenvalue weighted by Gasteiger charge is -2.14. The highest BCUT2D eigenvalue weighted by atomic mass is 19.2. The molecule has 0 aliphatic rings. The van der Waals surface area contributed by atoms with E-state index in [4.69, 9.17) is 4.42 Å². The van der Waals surface area contributed by atoms with Gasteiger partial charge < -0.3 is 9.73 Å². The van der Waals surface area contributed by atoms with Gasteiger partial charge in [-0.25, -0.2) is 8.78 Å². The highest BCUT2D eigenvalue weighted by Crippen LogP contribution is 2.32. The molecule has 1 atom stereocenters. The zero-order valence-corrected chi connectivity index (χ0v) is 10.8. The Balaban J connectivity index is 2.37. The number of furan rings is 1. The fourth-order valence-electron chi connectivity index (χ4n) is 1.80. The molecule has 0 saturated heterocycles. The number of nitro benzene ring substituents is 1. The number of nitrogens with zero attached hydrogens (tertiary/aromatic N) is 1. The fourth-order valence-corrected chi connectivity index (χ4v) is 1.80. The van der Waals surface area contributed by atoms with Crippen molar-refractivity contribution in [2.24, 2.45) is 0 Å². The zero-order valence-electron chi connectivity index (χ0n) is 10.8. The molecule has 106 valence electrons. The molecule has 0 radical (unpaired) electrons. The van der Waals surface area contributed by atoms with E-state index >= 15 is 0 Å². The third-order valence-electron chi connectivity index (χ3n) is 2.82. The molecule has 0 amide bonds. The number of halogens is 2. The summed E-state index contributed by atoms with van der Waals surface area (Å²) < 4.78 is 32.3. The zero-order chi connectivity index (χ0) is 14.9. The first-order valence-electron chi connectivity index (χ1n) is 5.85. The molecule has 7 heteroatoms. The van der Waals surface area contributed by atoms with Gasteiger partial charge in [-0.1, -0.05) is 0 Å². The normalized spacial score (nSPS) is 12.2. The van der Waals surface area contributed by atoms with Gasteiger partial charge in [-0.3, -0.25) is 10.1 Å². The average Bonchev–Trinajstić information content (AvgIpc) is 2.81. The van der Waals surface area contributed by atoms with Gasteiger partial charge in [-0.15, -0.1) is 0 Å². The van der Waals surface area contributed by atoms with E-state index < -0.39 is 34.0 Å². The molecule has 1 aromatic heterocycles. The molecule has 0 aliphatic carbocycles. The van der Waals surface area contributed by atoms with Gasteiger partial charge in [0.25, 0.3) is 5.69 Å². The number of nitrogens with one attached hydrogen (secondary N) is 1. The van der Waals surface area contributed by atoms with Crippen LogP contribution in [0.2, 0.25) is 0 Å². The van der Waals surface area contributed by atoms with Crippen molar-refractivity contribution in [1.29, 1.82) is 0 Å². The Labute approximate surface area is 113 Å². The van der Waals surface area contributed by atoms with Crippen molar-refractivity contribution in [3.05, 3.63) is 57.5 Å². The Bertz CT molecular complexity index is 655. The number of nitro groups is 1. The molecule has 0 bridgehead atoms. The highest BCUT2D eigenvalue weighted by Gasteiger charge is 2.24. The molecule has 2 aromatic rings. The van der Waals surface area contributed by atoms with Crippen LogP contribution in [0.25, 0.3) is 0 Å². The minimum absolute atomic E-state index is 0.473. The maximum absolute atomic E-state index is 13.7. The van der Waals surface area contributed by atoms with Crippen molar-refractivity contribution in [3.8, 4) is 0 Å². The molecule has 1 heterocycles. The van der Waals surface area contributed by atoms with Gasteiger partial charge >= 0.3 is 0 Å². The van der Waals surface area contributed by atoms with Gasteiger partial charge in [0.1, 0.15) is 11.5 Å². The fraction of sp³-hybridized carbons (Fsp3) is 0.231. The second-order valence-corrected chi connectivity index (χ2v) is 4.33. The number of hydrogen-bond donors (Lipinski definition) is 1. The summed E-state index contributed by atoms with van der Waals surface area (Å²) in [7, 11) is 0. The summed E-state index contributed by atoms with van der Waals surface area (Å²) in [5.74, 6) is -1.31. The van der Waals surface area contributed by atoms with Crippen LogP contribution in [0.15, 0.2) is 28.7 Å². The first kappa shape index (κ1) is 14.0. The average molecular weight is 282 g/mol. The molecule has 0 fully saturated rings. The third kappa shape index (κ3) is 2.61. The minimum Gasteiger partial charge on any atom is -0.464 e. The summed E-state index contributed by atoms with van der Waals surface area (Å²) in [5, 5.41) is 13.4. The summed E-state index contributed by atoms with van der Waals surface area (Å²) in [4.78, 5) is 10.1. The number of rotatable bonds is 4. The molecule has 20 heavy (non-hydrogen) atoms. The van der Waals surface area contributed by atoms with Crippen LogP contribution in [0, 0.1) is 28.7 Å². The van der Waals surface area contributed by atoms with E-state index in [2.05, 4.69) is 5.32 Å². The summed E-state index contributed by atoms with van der Waals surface area (Å²) in [6.45, 7) is 3.37. The van der Waals surface area contributed by atoms with E-state index in [1.54, 1.807) is 26.0 Å². The quantitative estimate of drug-likeness (QED) is 0.681. The van der Waals surface area contributed by atoms with Gasteiger partial charge in [0.2, 0.25) is 0 Å². The van der Waals surface area contributed by atoms with Gasteiger partial charge in [-0.05, 0) is 32.0 Å². The number of anilines is 1. The van der Waals surface area contributed by atoms with E-state index in [0.29, 0.717) is 11.5 Å². The molecule has 5 nitrogen and oxygen atoms in total. The lowest BCUT2D eigenvalue weighted by molar-refractivity contribution is -0.384. The van der Waals surface area contributed by atoms with Crippen molar-refractivity contribution in [2.45, 2.75) is 19.9 Å². The van der Waals surface area contributed by atoms with Gasteiger partial charge in [0.15, 0.2) is 17.3 Å². The Morgan fingerprint density at radius 1 is 1.30 bits per heavy atom. The molecule has 2 rings (SSSR count). The largest absolute Gasteiger partial charge is 0.464 e. The molecule has 0 saturated carbocycles. The minimum atomic E-state index is -1.28. The van der Waals surface area contributed by atoms with Crippen LogP contribution in [-0.2, 0) is 0 Å². The van der Waals surface area contributed by atoms with E-state index in [0.717, 1.165) is 12.1 Å². The molecule has 0 aliphatic heterocycles. The molecule has 1 N–H and O–H groups in total. The molecule has 1 unspecified atom stereocenters. The second kappa shape index (κ2) is 5.28. The maximum atomic E-state index is 13.7. The smallest absolute Gasteiger partial charge is 0.295 e. The van der Waals surface area contributed by atoms with Gasteiger partial charge in [0.05, 0.1) is 11.0 Å². The molecular weight excluding hydrogens is 270 g/mol. The van der Waals surface area contributed by atoms with Crippen LogP contribution in [0.3, 0.4) is 0 Å². The van der Waals surface area contributed by atoms with E-state index in [1.165, 1.54) is 0 Å². The highest BCUT2D eigenvalue weighted by molar-refractivity contribution is 5.63.